The highest BCUT2D eigenvalue weighted by Gasteiger charge is 2.22. The first kappa shape index (κ1) is 16.6. The number of carbonyl (C=O) groups excluding carboxylic acids is 1. The Kier molecular flexibility index (Phi) is 6.01. The lowest BCUT2D eigenvalue weighted by molar-refractivity contribution is 0.0723. The lowest BCUT2D eigenvalue weighted by Crippen LogP contribution is -2.41. The van der Waals surface area contributed by atoms with Gasteiger partial charge in [0.15, 0.2) is 0 Å². The molecule has 0 spiro atoms. The number of hydrogen-bond donors (Lipinski definition) is 2. The maximum absolute atomic E-state index is 12.7. The molecule has 120 valence electrons. The number of aromatic amines is 1. The van der Waals surface area contributed by atoms with Crippen molar-refractivity contribution in [2.45, 2.75) is 26.7 Å². The number of piperidine rings is 1. The third kappa shape index (κ3) is 4.10. The average Bonchev–Trinajstić information content (AvgIpc) is 2.92. The summed E-state index contributed by atoms with van der Waals surface area (Å²) in [5, 5.41) is 3.42. The summed E-state index contributed by atoms with van der Waals surface area (Å²) in [6.07, 6.45) is 8.00. The van der Waals surface area contributed by atoms with Crippen LogP contribution in [0.2, 0.25) is 0 Å². The van der Waals surface area contributed by atoms with Crippen LogP contribution in [-0.2, 0) is 0 Å². The number of nitrogens with one attached hydrogen (secondary N) is 2. The molecular weight excluding hydrogens is 274 g/mol. The van der Waals surface area contributed by atoms with E-state index in [4.69, 9.17) is 0 Å². The van der Waals surface area contributed by atoms with Crippen LogP contribution in [0, 0.1) is 12.8 Å². The van der Waals surface area contributed by atoms with Crippen molar-refractivity contribution in [3.63, 3.8) is 0 Å². The molecule has 2 rings (SSSR count). The Morgan fingerprint density at radius 3 is 3.00 bits per heavy atom. The first-order valence-corrected chi connectivity index (χ1v) is 8.14. The Balaban J connectivity index is 2.07. The molecule has 1 fully saturated rings. The van der Waals surface area contributed by atoms with Gasteiger partial charge in [-0.15, -0.1) is 0 Å². The average molecular weight is 301 g/mol. The molecule has 4 heteroatoms. The van der Waals surface area contributed by atoms with Crippen molar-refractivity contribution in [2.24, 2.45) is 5.92 Å². The van der Waals surface area contributed by atoms with E-state index in [9.17, 15) is 4.79 Å². The molecule has 0 bridgehead atoms. The number of nitrogens with zero attached hydrogens (tertiary/aromatic N) is 1. The zero-order valence-electron chi connectivity index (χ0n) is 13.7. The van der Waals surface area contributed by atoms with Gasteiger partial charge >= 0.3 is 0 Å². The van der Waals surface area contributed by atoms with E-state index in [-0.39, 0.29) is 5.91 Å². The van der Waals surface area contributed by atoms with E-state index in [0.29, 0.717) is 11.6 Å². The monoisotopic (exact) mass is 301 g/mol. The molecule has 4 nitrogen and oxygen atoms in total. The molecule has 1 amide bonds. The van der Waals surface area contributed by atoms with Gasteiger partial charge in [-0.1, -0.05) is 24.8 Å². The largest absolute Gasteiger partial charge is 0.354 e. The first-order chi connectivity index (χ1) is 10.7. The van der Waals surface area contributed by atoms with E-state index in [2.05, 4.69) is 16.9 Å². The fourth-order valence-corrected chi connectivity index (χ4v) is 2.95. The normalized spacial score (nSPS) is 18.5. The van der Waals surface area contributed by atoms with E-state index < -0.39 is 0 Å². The molecular formula is C18H27N3O. The van der Waals surface area contributed by atoms with Crippen molar-refractivity contribution in [2.75, 3.05) is 26.2 Å². The first-order valence-electron chi connectivity index (χ1n) is 8.14. The highest BCUT2D eigenvalue weighted by atomic mass is 16.2. The van der Waals surface area contributed by atoms with E-state index in [1.54, 1.807) is 6.08 Å². The number of H-pyrrole nitrogens is 1. The van der Waals surface area contributed by atoms with Gasteiger partial charge in [-0.05, 0) is 57.3 Å². The molecule has 1 aliphatic rings. The van der Waals surface area contributed by atoms with E-state index in [1.807, 2.05) is 37.0 Å². The fraction of sp³-hybridized carbons (Fsp3) is 0.500. The molecule has 1 atom stereocenters. The fourth-order valence-electron chi connectivity index (χ4n) is 2.95. The van der Waals surface area contributed by atoms with Crippen LogP contribution < -0.4 is 5.32 Å². The van der Waals surface area contributed by atoms with Crippen LogP contribution in [0.1, 0.15) is 41.5 Å². The van der Waals surface area contributed by atoms with Gasteiger partial charge in [-0.25, -0.2) is 0 Å². The smallest absolute Gasteiger partial charge is 0.270 e. The molecule has 22 heavy (non-hydrogen) atoms. The Bertz CT molecular complexity index is 539. The summed E-state index contributed by atoms with van der Waals surface area (Å²) < 4.78 is 0. The van der Waals surface area contributed by atoms with Gasteiger partial charge in [-0.3, -0.25) is 4.79 Å². The molecule has 0 aromatic carbocycles. The van der Waals surface area contributed by atoms with Crippen LogP contribution in [0.15, 0.2) is 24.8 Å². The molecule has 0 aliphatic carbocycles. The second-order valence-electron chi connectivity index (χ2n) is 5.91. The van der Waals surface area contributed by atoms with Crippen LogP contribution in [0.4, 0.5) is 0 Å². The maximum Gasteiger partial charge on any atom is 0.270 e. The van der Waals surface area contributed by atoms with Crippen molar-refractivity contribution in [1.29, 1.82) is 0 Å². The predicted molar refractivity (Wildman–Crippen MR) is 91.9 cm³/mol. The molecule has 1 aliphatic heterocycles. The van der Waals surface area contributed by atoms with Crippen molar-refractivity contribution < 1.29 is 4.79 Å². The zero-order valence-corrected chi connectivity index (χ0v) is 13.7. The minimum absolute atomic E-state index is 0.0921. The van der Waals surface area contributed by atoms with Crippen molar-refractivity contribution in [1.82, 2.24) is 15.2 Å². The summed E-state index contributed by atoms with van der Waals surface area (Å²) >= 11 is 0. The standard InChI is InChI=1S/C18H27N3O/c1-4-6-9-16-11-17(20-14(16)3)18(22)21(5-2)13-15-8-7-10-19-12-15/h4,6,9,11,15,19-20H,1,5,7-8,10,12-13H2,2-3H3/b9-6-. The summed E-state index contributed by atoms with van der Waals surface area (Å²) in [5.74, 6) is 0.656. The summed E-state index contributed by atoms with van der Waals surface area (Å²) in [6, 6.07) is 1.93. The Labute approximate surface area is 133 Å². The van der Waals surface area contributed by atoms with Gasteiger partial charge in [0, 0.05) is 18.8 Å². The van der Waals surface area contributed by atoms with Gasteiger partial charge in [0.05, 0.1) is 0 Å². The summed E-state index contributed by atoms with van der Waals surface area (Å²) in [5.41, 5.74) is 2.72. The van der Waals surface area contributed by atoms with Crippen molar-refractivity contribution >= 4 is 12.0 Å². The van der Waals surface area contributed by atoms with Crippen LogP contribution >= 0.6 is 0 Å². The number of aryl methyl sites for hydroxylation is 1. The minimum Gasteiger partial charge on any atom is -0.354 e. The summed E-state index contributed by atoms with van der Waals surface area (Å²) in [7, 11) is 0. The third-order valence-electron chi connectivity index (χ3n) is 4.24. The minimum atomic E-state index is 0.0921. The molecule has 1 aromatic rings. The zero-order chi connectivity index (χ0) is 15.9. The quantitative estimate of drug-likeness (QED) is 0.794. The molecule has 1 unspecified atom stereocenters. The highest BCUT2D eigenvalue weighted by Crippen LogP contribution is 2.17. The van der Waals surface area contributed by atoms with Gasteiger partial charge in [0.1, 0.15) is 5.69 Å². The topological polar surface area (TPSA) is 48.1 Å². The van der Waals surface area contributed by atoms with Crippen LogP contribution in [-0.4, -0.2) is 42.0 Å². The second kappa shape index (κ2) is 7.99. The van der Waals surface area contributed by atoms with E-state index in [0.717, 1.165) is 37.4 Å². The van der Waals surface area contributed by atoms with Crippen molar-refractivity contribution in [3.05, 3.63) is 41.7 Å². The Morgan fingerprint density at radius 1 is 1.55 bits per heavy atom. The number of amides is 1. The van der Waals surface area contributed by atoms with Crippen LogP contribution in [0.5, 0.6) is 0 Å². The molecule has 0 radical (unpaired) electrons. The lowest BCUT2D eigenvalue weighted by atomic mass is 9.99. The number of allylic oxidation sites excluding steroid dienone is 2. The third-order valence-corrected chi connectivity index (χ3v) is 4.24. The van der Waals surface area contributed by atoms with E-state index >= 15 is 0 Å². The van der Waals surface area contributed by atoms with Crippen molar-refractivity contribution in [3.8, 4) is 0 Å². The second-order valence-corrected chi connectivity index (χ2v) is 5.91. The number of carbonyl (C=O) groups is 1. The van der Waals surface area contributed by atoms with Crippen LogP contribution in [0.3, 0.4) is 0 Å². The molecule has 1 saturated heterocycles. The maximum atomic E-state index is 12.7. The molecule has 1 aromatic heterocycles. The SMILES string of the molecule is C=C/C=C\c1cc(C(=O)N(CC)CC2CCCNC2)[nH]c1C. The number of rotatable bonds is 6. The summed E-state index contributed by atoms with van der Waals surface area (Å²) in [6.45, 7) is 11.4. The Morgan fingerprint density at radius 2 is 2.36 bits per heavy atom. The molecule has 2 heterocycles. The van der Waals surface area contributed by atoms with Gasteiger partial charge in [0.25, 0.3) is 5.91 Å². The predicted octanol–water partition coefficient (Wildman–Crippen LogP) is 2.98. The number of hydrogen-bond acceptors (Lipinski definition) is 2. The summed E-state index contributed by atoms with van der Waals surface area (Å²) in [4.78, 5) is 17.9. The van der Waals surface area contributed by atoms with Gasteiger partial charge < -0.3 is 15.2 Å². The molecule has 0 saturated carbocycles. The Hall–Kier alpha value is -1.81. The van der Waals surface area contributed by atoms with Gasteiger partial charge in [-0.2, -0.15) is 0 Å². The molecule has 2 N–H and O–H groups in total. The highest BCUT2D eigenvalue weighted by molar-refractivity contribution is 5.93. The lowest BCUT2D eigenvalue weighted by Gasteiger charge is -2.29. The number of aromatic nitrogens is 1. The van der Waals surface area contributed by atoms with Gasteiger partial charge in [0.2, 0.25) is 0 Å². The van der Waals surface area contributed by atoms with E-state index in [1.165, 1.54) is 12.8 Å². The van der Waals surface area contributed by atoms with Crippen LogP contribution in [0.25, 0.3) is 6.08 Å².